The highest BCUT2D eigenvalue weighted by atomic mass is 16.3. The van der Waals surface area contributed by atoms with Crippen molar-refractivity contribution in [3.8, 4) is 0 Å². The van der Waals surface area contributed by atoms with Gasteiger partial charge in [-0.15, -0.1) is 0 Å². The topological polar surface area (TPSA) is 49.6 Å². The second kappa shape index (κ2) is 4.44. The summed E-state index contributed by atoms with van der Waals surface area (Å²) in [5.74, 6) is 0.281. The lowest BCUT2D eigenvalue weighted by molar-refractivity contribution is 0.0612. The molecule has 1 aromatic rings. The molecule has 1 amide bonds. The molecule has 2 heterocycles. The summed E-state index contributed by atoms with van der Waals surface area (Å²) >= 11 is 0. The van der Waals surface area contributed by atoms with E-state index in [1.54, 1.807) is 0 Å². The van der Waals surface area contributed by atoms with Gasteiger partial charge in [-0.1, -0.05) is 6.92 Å². The number of carbonyl (C=O) groups excluding carboxylic acids is 1. The van der Waals surface area contributed by atoms with Crippen molar-refractivity contribution in [2.45, 2.75) is 6.92 Å². The predicted molar refractivity (Wildman–Crippen MR) is 54.5 cm³/mol. The molecule has 1 saturated heterocycles. The molecule has 0 unspecified atom stereocenters. The van der Waals surface area contributed by atoms with E-state index in [0.717, 1.165) is 32.7 Å². The Labute approximate surface area is 88.7 Å². The van der Waals surface area contributed by atoms with Crippen molar-refractivity contribution < 1.29 is 9.21 Å². The average Bonchev–Trinajstić information content (AvgIpc) is 2.82. The van der Waals surface area contributed by atoms with Crippen LogP contribution in [0.5, 0.6) is 0 Å². The molecule has 1 aliphatic heterocycles. The van der Waals surface area contributed by atoms with Crippen molar-refractivity contribution in [1.29, 1.82) is 0 Å². The lowest BCUT2D eigenvalue weighted by Crippen LogP contribution is -2.48. The average molecular weight is 209 g/mol. The minimum atomic E-state index is -0.0525. The number of oxazole rings is 1. The summed E-state index contributed by atoms with van der Waals surface area (Å²) in [5.41, 5.74) is 0. The van der Waals surface area contributed by atoms with E-state index >= 15 is 0 Å². The standard InChI is InChI=1S/C10H15N3O2/c1-2-12-3-5-13(6-4-12)10(14)9-7-11-8-15-9/h7-8H,2-6H2,1H3. The van der Waals surface area contributed by atoms with Gasteiger partial charge >= 0.3 is 0 Å². The number of hydrogen-bond acceptors (Lipinski definition) is 4. The molecule has 0 saturated carbocycles. The van der Waals surface area contributed by atoms with E-state index in [4.69, 9.17) is 4.42 Å². The zero-order chi connectivity index (χ0) is 10.7. The number of nitrogens with zero attached hydrogens (tertiary/aromatic N) is 3. The molecule has 0 atom stereocenters. The van der Waals surface area contributed by atoms with Crippen LogP contribution in [-0.2, 0) is 0 Å². The van der Waals surface area contributed by atoms with Gasteiger partial charge in [-0.2, -0.15) is 0 Å². The summed E-state index contributed by atoms with van der Waals surface area (Å²) in [4.78, 5) is 19.7. The van der Waals surface area contributed by atoms with Crippen molar-refractivity contribution in [3.63, 3.8) is 0 Å². The molecule has 0 aliphatic carbocycles. The fourth-order valence-electron chi connectivity index (χ4n) is 1.74. The molecule has 0 bridgehead atoms. The van der Waals surface area contributed by atoms with Crippen LogP contribution in [0.15, 0.2) is 17.0 Å². The Balaban J connectivity index is 1.93. The molecule has 82 valence electrons. The van der Waals surface area contributed by atoms with Gasteiger partial charge in [0.05, 0.1) is 6.20 Å². The lowest BCUT2D eigenvalue weighted by atomic mass is 10.3. The number of hydrogen-bond donors (Lipinski definition) is 0. The molecule has 0 aromatic carbocycles. The molecular weight excluding hydrogens is 194 g/mol. The third kappa shape index (κ3) is 2.18. The first-order chi connectivity index (χ1) is 7.31. The second-order valence-electron chi connectivity index (χ2n) is 3.59. The van der Waals surface area contributed by atoms with Crippen LogP contribution in [0.4, 0.5) is 0 Å². The van der Waals surface area contributed by atoms with Gasteiger partial charge in [-0.3, -0.25) is 4.79 Å². The molecule has 1 aromatic heterocycles. The maximum Gasteiger partial charge on any atom is 0.291 e. The van der Waals surface area contributed by atoms with Crippen molar-refractivity contribution in [2.75, 3.05) is 32.7 Å². The van der Waals surface area contributed by atoms with Crippen molar-refractivity contribution in [1.82, 2.24) is 14.8 Å². The number of aromatic nitrogens is 1. The zero-order valence-corrected chi connectivity index (χ0v) is 8.85. The normalized spacial score (nSPS) is 18.1. The van der Waals surface area contributed by atoms with E-state index in [9.17, 15) is 4.79 Å². The Kier molecular flexibility index (Phi) is 3.01. The fourth-order valence-corrected chi connectivity index (χ4v) is 1.74. The molecule has 15 heavy (non-hydrogen) atoms. The minimum Gasteiger partial charge on any atom is -0.438 e. The minimum absolute atomic E-state index is 0.0525. The van der Waals surface area contributed by atoms with Crippen LogP contribution in [0.1, 0.15) is 17.5 Å². The maximum atomic E-state index is 11.8. The van der Waals surface area contributed by atoms with Gasteiger partial charge in [0, 0.05) is 26.2 Å². The van der Waals surface area contributed by atoms with E-state index in [1.165, 1.54) is 12.6 Å². The van der Waals surface area contributed by atoms with Gasteiger partial charge in [-0.05, 0) is 6.54 Å². The van der Waals surface area contributed by atoms with E-state index in [2.05, 4.69) is 16.8 Å². The van der Waals surface area contributed by atoms with Gasteiger partial charge in [0.15, 0.2) is 6.39 Å². The molecule has 0 spiro atoms. The molecule has 0 radical (unpaired) electrons. The third-order valence-electron chi connectivity index (χ3n) is 2.75. The van der Waals surface area contributed by atoms with E-state index in [1.807, 2.05) is 4.90 Å². The number of amides is 1. The van der Waals surface area contributed by atoms with Crippen molar-refractivity contribution in [2.24, 2.45) is 0 Å². The zero-order valence-electron chi connectivity index (χ0n) is 8.85. The third-order valence-corrected chi connectivity index (χ3v) is 2.75. The molecule has 1 aliphatic rings. The van der Waals surface area contributed by atoms with Crippen LogP contribution in [-0.4, -0.2) is 53.4 Å². The Hall–Kier alpha value is -1.36. The number of piperazine rings is 1. The molecule has 2 rings (SSSR count). The van der Waals surface area contributed by atoms with Gasteiger partial charge in [0.1, 0.15) is 0 Å². The van der Waals surface area contributed by atoms with Crippen LogP contribution in [0, 0.1) is 0 Å². The number of likely N-dealkylation sites (N-methyl/N-ethyl adjacent to an activating group) is 1. The fraction of sp³-hybridized carbons (Fsp3) is 0.600. The first-order valence-electron chi connectivity index (χ1n) is 5.21. The second-order valence-corrected chi connectivity index (χ2v) is 3.59. The Morgan fingerprint density at radius 1 is 1.47 bits per heavy atom. The highest BCUT2D eigenvalue weighted by Gasteiger charge is 2.22. The summed E-state index contributed by atoms with van der Waals surface area (Å²) in [6.07, 6.45) is 2.75. The smallest absolute Gasteiger partial charge is 0.291 e. The SMILES string of the molecule is CCN1CCN(C(=O)c2cnco2)CC1. The quantitative estimate of drug-likeness (QED) is 0.709. The summed E-state index contributed by atoms with van der Waals surface area (Å²) in [6, 6.07) is 0. The first-order valence-corrected chi connectivity index (χ1v) is 5.21. The van der Waals surface area contributed by atoms with Gasteiger partial charge in [-0.25, -0.2) is 4.98 Å². The van der Waals surface area contributed by atoms with Crippen LogP contribution in [0.25, 0.3) is 0 Å². The molecular formula is C10H15N3O2. The molecule has 5 nitrogen and oxygen atoms in total. The number of rotatable bonds is 2. The summed E-state index contributed by atoms with van der Waals surface area (Å²) < 4.78 is 4.99. The maximum absolute atomic E-state index is 11.8. The van der Waals surface area contributed by atoms with Crippen molar-refractivity contribution in [3.05, 3.63) is 18.4 Å². The van der Waals surface area contributed by atoms with E-state index in [0.29, 0.717) is 5.76 Å². The highest BCUT2D eigenvalue weighted by molar-refractivity contribution is 5.91. The van der Waals surface area contributed by atoms with Gasteiger partial charge in [0.2, 0.25) is 5.76 Å². The Bertz CT molecular complexity index is 315. The molecule has 0 N–H and O–H groups in total. The highest BCUT2D eigenvalue weighted by Crippen LogP contribution is 2.07. The Morgan fingerprint density at radius 2 is 2.20 bits per heavy atom. The first kappa shape index (κ1) is 10.2. The van der Waals surface area contributed by atoms with Crippen LogP contribution >= 0.6 is 0 Å². The summed E-state index contributed by atoms with van der Waals surface area (Å²) in [7, 11) is 0. The Morgan fingerprint density at radius 3 is 2.73 bits per heavy atom. The van der Waals surface area contributed by atoms with Crippen LogP contribution in [0.2, 0.25) is 0 Å². The summed E-state index contributed by atoms with van der Waals surface area (Å²) in [5, 5.41) is 0. The number of carbonyl (C=O) groups is 1. The van der Waals surface area contributed by atoms with Crippen LogP contribution < -0.4 is 0 Å². The lowest BCUT2D eigenvalue weighted by Gasteiger charge is -2.33. The van der Waals surface area contributed by atoms with E-state index in [-0.39, 0.29) is 5.91 Å². The largest absolute Gasteiger partial charge is 0.438 e. The van der Waals surface area contributed by atoms with Gasteiger partial charge in [0.25, 0.3) is 5.91 Å². The predicted octanol–water partition coefficient (Wildman–Crippen LogP) is 0.452. The molecule has 1 fully saturated rings. The van der Waals surface area contributed by atoms with E-state index < -0.39 is 0 Å². The monoisotopic (exact) mass is 209 g/mol. The van der Waals surface area contributed by atoms with Gasteiger partial charge < -0.3 is 14.2 Å². The van der Waals surface area contributed by atoms with Crippen LogP contribution in [0.3, 0.4) is 0 Å². The summed E-state index contributed by atoms with van der Waals surface area (Å²) in [6.45, 7) is 6.60. The molecule has 5 heteroatoms. The van der Waals surface area contributed by atoms with Crippen molar-refractivity contribution >= 4 is 5.91 Å².